The first-order chi connectivity index (χ1) is 32.0. The molecular weight excluding hydrogens is 805 g/mol. The maximum Gasteiger partial charge on any atom is 0.306 e. The number of allylic oxidation sites excluding steroid dienone is 8. The molecule has 0 aromatic carbocycles. The Bertz CT molecular complexity index is 1080. The van der Waals surface area contributed by atoms with Crippen LogP contribution in [0.3, 0.4) is 0 Å². The van der Waals surface area contributed by atoms with Gasteiger partial charge in [-0.3, -0.25) is 14.4 Å². The van der Waals surface area contributed by atoms with Gasteiger partial charge in [0.15, 0.2) is 6.10 Å². The average molecular weight is 911 g/mol. The SMILES string of the molecule is CCCCC/C=C\C/C=C\CCCCCCCC(=O)OCC(COC(=O)CCCCCCC/C=C\C/C=C\CCCCC)OC(=O)CCCCCCCCCCCCCCCCCCC. The van der Waals surface area contributed by atoms with Crippen molar-refractivity contribution in [1.82, 2.24) is 0 Å². The third-order valence-corrected chi connectivity index (χ3v) is 12.3. The maximum absolute atomic E-state index is 12.8. The Morgan fingerprint density at radius 1 is 0.308 bits per heavy atom. The van der Waals surface area contributed by atoms with Gasteiger partial charge < -0.3 is 14.2 Å². The minimum absolute atomic E-state index is 0.0825. The number of hydrogen-bond donors (Lipinski definition) is 0. The molecule has 0 aliphatic heterocycles. The summed E-state index contributed by atoms with van der Waals surface area (Å²) in [6, 6.07) is 0. The van der Waals surface area contributed by atoms with Crippen LogP contribution in [0.1, 0.15) is 290 Å². The van der Waals surface area contributed by atoms with E-state index < -0.39 is 6.10 Å². The molecule has 0 aromatic heterocycles. The summed E-state index contributed by atoms with van der Waals surface area (Å²) in [7, 11) is 0. The largest absolute Gasteiger partial charge is 0.462 e. The molecule has 6 heteroatoms. The van der Waals surface area contributed by atoms with Crippen LogP contribution in [-0.2, 0) is 28.6 Å². The van der Waals surface area contributed by atoms with Crippen LogP contribution in [0.25, 0.3) is 0 Å². The highest BCUT2D eigenvalue weighted by Gasteiger charge is 2.19. The quantitative estimate of drug-likeness (QED) is 0.0262. The van der Waals surface area contributed by atoms with Crippen molar-refractivity contribution in [2.45, 2.75) is 297 Å². The second-order valence-corrected chi connectivity index (χ2v) is 18.8. The first-order valence-corrected chi connectivity index (χ1v) is 28.1. The average Bonchev–Trinajstić information content (AvgIpc) is 3.30. The highest BCUT2D eigenvalue weighted by atomic mass is 16.6. The number of esters is 3. The standard InChI is InChI=1S/C59H106O6/c1-4-7-10-13-16-19-22-25-28-29-32-35-38-41-44-47-50-53-59(62)65-56(54-63-57(60)51-48-45-42-39-36-33-30-26-23-20-17-14-11-8-5-2)55-64-58(61)52-49-46-43-40-37-34-31-27-24-21-18-15-12-9-6-3/h17-18,20-21,26-27,30-31,56H,4-16,19,22-25,28-29,32-55H2,1-3H3/b20-17-,21-18-,30-26-,31-27-. The summed E-state index contributed by atoms with van der Waals surface area (Å²) in [4.78, 5) is 38.1. The molecule has 0 saturated heterocycles. The van der Waals surface area contributed by atoms with Gasteiger partial charge in [0.1, 0.15) is 13.2 Å². The molecule has 378 valence electrons. The Balaban J connectivity index is 4.39. The molecule has 0 fully saturated rings. The fourth-order valence-corrected chi connectivity index (χ4v) is 8.03. The molecule has 0 aliphatic carbocycles. The molecule has 0 spiro atoms. The van der Waals surface area contributed by atoms with Crippen molar-refractivity contribution in [3.8, 4) is 0 Å². The molecule has 0 N–H and O–H groups in total. The van der Waals surface area contributed by atoms with Crippen molar-refractivity contribution in [3.63, 3.8) is 0 Å². The molecule has 6 nitrogen and oxygen atoms in total. The molecule has 0 bridgehead atoms. The Morgan fingerprint density at radius 2 is 0.554 bits per heavy atom. The molecule has 0 saturated carbocycles. The molecular formula is C59H106O6. The molecule has 0 amide bonds. The fourth-order valence-electron chi connectivity index (χ4n) is 8.03. The van der Waals surface area contributed by atoms with Gasteiger partial charge >= 0.3 is 17.9 Å². The van der Waals surface area contributed by atoms with Gasteiger partial charge in [-0.2, -0.15) is 0 Å². The third kappa shape index (κ3) is 52.2. The van der Waals surface area contributed by atoms with Gasteiger partial charge in [0.25, 0.3) is 0 Å². The summed E-state index contributed by atoms with van der Waals surface area (Å²) < 4.78 is 16.8. The number of carbonyl (C=O) groups is 3. The van der Waals surface area contributed by atoms with Gasteiger partial charge in [-0.1, -0.05) is 236 Å². The molecule has 0 aliphatic rings. The normalized spacial score (nSPS) is 11.9. The number of rotatable bonds is 51. The first kappa shape index (κ1) is 62.4. The highest BCUT2D eigenvalue weighted by Crippen LogP contribution is 2.16. The highest BCUT2D eigenvalue weighted by molar-refractivity contribution is 5.71. The van der Waals surface area contributed by atoms with E-state index in [0.29, 0.717) is 19.3 Å². The smallest absolute Gasteiger partial charge is 0.306 e. The van der Waals surface area contributed by atoms with E-state index in [0.717, 1.165) is 96.3 Å². The van der Waals surface area contributed by atoms with Crippen LogP contribution in [-0.4, -0.2) is 37.2 Å². The summed E-state index contributed by atoms with van der Waals surface area (Å²) in [5.41, 5.74) is 0. The lowest BCUT2D eigenvalue weighted by Gasteiger charge is -2.18. The predicted molar refractivity (Wildman–Crippen MR) is 279 cm³/mol. The Hall–Kier alpha value is -2.63. The molecule has 0 aromatic rings. The molecule has 65 heavy (non-hydrogen) atoms. The van der Waals surface area contributed by atoms with E-state index in [4.69, 9.17) is 14.2 Å². The number of unbranched alkanes of at least 4 members (excludes halogenated alkanes) is 32. The van der Waals surface area contributed by atoms with Crippen molar-refractivity contribution >= 4 is 17.9 Å². The summed E-state index contributed by atoms with van der Waals surface area (Å²) in [6.45, 7) is 6.59. The van der Waals surface area contributed by atoms with Crippen molar-refractivity contribution < 1.29 is 28.6 Å². The van der Waals surface area contributed by atoms with Crippen LogP contribution >= 0.6 is 0 Å². The minimum Gasteiger partial charge on any atom is -0.462 e. The second kappa shape index (κ2) is 54.0. The maximum atomic E-state index is 12.8. The van der Waals surface area contributed by atoms with E-state index in [1.807, 2.05) is 0 Å². The molecule has 0 rings (SSSR count). The van der Waals surface area contributed by atoms with Gasteiger partial charge in [0.05, 0.1) is 0 Å². The van der Waals surface area contributed by atoms with Gasteiger partial charge in [0, 0.05) is 19.3 Å². The van der Waals surface area contributed by atoms with E-state index in [-0.39, 0.29) is 31.1 Å². The van der Waals surface area contributed by atoms with Gasteiger partial charge in [-0.15, -0.1) is 0 Å². The predicted octanol–water partition coefficient (Wildman–Crippen LogP) is 18.7. The van der Waals surface area contributed by atoms with Crippen molar-refractivity contribution in [3.05, 3.63) is 48.6 Å². The molecule has 0 radical (unpaired) electrons. The lowest BCUT2D eigenvalue weighted by Crippen LogP contribution is -2.30. The van der Waals surface area contributed by atoms with Crippen LogP contribution in [0.4, 0.5) is 0 Å². The van der Waals surface area contributed by atoms with E-state index >= 15 is 0 Å². The van der Waals surface area contributed by atoms with Crippen molar-refractivity contribution in [2.24, 2.45) is 0 Å². The zero-order valence-electron chi connectivity index (χ0n) is 43.3. The molecule has 0 atom stereocenters. The number of carbonyl (C=O) groups excluding carboxylic acids is 3. The van der Waals surface area contributed by atoms with E-state index in [1.165, 1.54) is 154 Å². The van der Waals surface area contributed by atoms with E-state index in [2.05, 4.69) is 69.4 Å². The van der Waals surface area contributed by atoms with Crippen molar-refractivity contribution in [1.29, 1.82) is 0 Å². The first-order valence-electron chi connectivity index (χ1n) is 28.1. The van der Waals surface area contributed by atoms with Crippen LogP contribution in [0.15, 0.2) is 48.6 Å². The van der Waals surface area contributed by atoms with Crippen LogP contribution in [0, 0.1) is 0 Å². The topological polar surface area (TPSA) is 78.9 Å². The zero-order valence-corrected chi connectivity index (χ0v) is 43.3. The van der Waals surface area contributed by atoms with Crippen molar-refractivity contribution in [2.75, 3.05) is 13.2 Å². The van der Waals surface area contributed by atoms with Crippen LogP contribution in [0.2, 0.25) is 0 Å². The molecule has 0 heterocycles. The third-order valence-electron chi connectivity index (χ3n) is 12.3. The van der Waals surface area contributed by atoms with Gasteiger partial charge in [-0.05, 0) is 83.5 Å². The summed E-state index contributed by atoms with van der Waals surface area (Å²) >= 11 is 0. The Labute approximate surface area is 403 Å². The fraction of sp³-hybridized carbons (Fsp3) is 0.814. The number of ether oxygens (including phenoxy) is 3. The van der Waals surface area contributed by atoms with Gasteiger partial charge in [-0.25, -0.2) is 0 Å². The summed E-state index contributed by atoms with van der Waals surface area (Å²) in [5.74, 6) is -0.895. The lowest BCUT2D eigenvalue weighted by molar-refractivity contribution is -0.167. The minimum atomic E-state index is -0.782. The Morgan fingerprint density at radius 3 is 0.877 bits per heavy atom. The van der Waals surface area contributed by atoms with Crippen LogP contribution < -0.4 is 0 Å². The monoisotopic (exact) mass is 911 g/mol. The summed E-state index contributed by atoms with van der Waals surface area (Å²) in [6.07, 6.45) is 65.2. The second-order valence-electron chi connectivity index (χ2n) is 18.8. The Kier molecular flexibility index (Phi) is 51.8. The number of hydrogen-bond acceptors (Lipinski definition) is 6. The lowest BCUT2D eigenvalue weighted by atomic mass is 10.0. The van der Waals surface area contributed by atoms with Crippen LogP contribution in [0.5, 0.6) is 0 Å². The zero-order chi connectivity index (χ0) is 47.2. The van der Waals surface area contributed by atoms with Gasteiger partial charge in [0.2, 0.25) is 0 Å². The molecule has 0 unspecified atom stereocenters. The summed E-state index contributed by atoms with van der Waals surface area (Å²) in [5, 5.41) is 0. The van der Waals surface area contributed by atoms with E-state index in [9.17, 15) is 14.4 Å². The van der Waals surface area contributed by atoms with E-state index in [1.54, 1.807) is 0 Å².